The van der Waals surface area contributed by atoms with E-state index < -0.39 is 5.41 Å². The fraction of sp³-hybridized carbons (Fsp3) is 0.0385. The highest BCUT2D eigenvalue weighted by Crippen LogP contribution is 2.66. The van der Waals surface area contributed by atoms with Crippen molar-refractivity contribution in [2.75, 3.05) is 10.2 Å². The van der Waals surface area contributed by atoms with E-state index in [0.717, 1.165) is 5.69 Å². The molecule has 4 aliphatic rings. The van der Waals surface area contributed by atoms with Crippen LogP contribution in [0.25, 0.3) is 66.1 Å². The first kappa shape index (κ1) is 28.7. The number of benzene rings is 9. The van der Waals surface area contributed by atoms with Crippen LogP contribution in [0.1, 0.15) is 34.0 Å². The van der Waals surface area contributed by atoms with Crippen molar-refractivity contribution < 1.29 is 0 Å². The van der Waals surface area contributed by atoms with Crippen molar-refractivity contribution >= 4 is 38.6 Å². The highest BCUT2D eigenvalue weighted by Gasteiger charge is 2.53. The molecule has 0 bridgehead atoms. The van der Waals surface area contributed by atoms with Gasteiger partial charge in [-0.2, -0.15) is 0 Å². The zero-order valence-corrected chi connectivity index (χ0v) is 29.3. The van der Waals surface area contributed by atoms with Crippen LogP contribution in [0, 0.1) is 0 Å². The fourth-order valence-corrected chi connectivity index (χ4v) is 10.7. The second-order valence-corrected chi connectivity index (χ2v) is 15.2. The maximum atomic E-state index is 3.96. The van der Waals surface area contributed by atoms with Gasteiger partial charge in [0.05, 0.1) is 16.8 Å². The maximum Gasteiger partial charge on any atom is 0.130 e. The van der Waals surface area contributed by atoms with Gasteiger partial charge in [-0.15, -0.1) is 0 Å². The van der Waals surface area contributed by atoms with Crippen LogP contribution >= 0.6 is 0 Å². The van der Waals surface area contributed by atoms with Crippen LogP contribution in [0.2, 0.25) is 0 Å². The van der Waals surface area contributed by atoms with E-state index in [9.17, 15) is 0 Å². The highest BCUT2D eigenvalue weighted by molar-refractivity contribution is 6.21. The van der Waals surface area contributed by atoms with Crippen LogP contribution in [0.4, 0.5) is 17.1 Å². The lowest BCUT2D eigenvalue weighted by Crippen LogP contribution is -2.27. The molecule has 0 aromatic heterocycles. The first-order valence-electron chi connectivity index (χ1n) is 19.0. The Morgan fingerprint density at radius 3 is 1.96 bits per heavy atom. The van der Waals surface area contributed by atoms with Crippen LogP contribution in [-0.4, -0.2) is 0 Å². The monoisotopic (exact) mass is 684 g/mol. The van der Waals surface area contributed by atoms with E-state index in [1.807, 2.05) is 0 Å². The van der Waals surface area contributed by atoms with Crippen molar-refractivity contribution in [2.45, 2.75) is 11.6 Å². The Morgan fingerprint density at radius 2 is 1.09 bits per heavy atom. The fourth-order valence-electron chi connectivity index (χ4n) is 10.7. The SMILES string of the molecule is c1ccc2c(c1)NC(c1ccc3c(c1)C1(c4ccccc4-3)c3ccccc3-c3c1cc1c4c(cccc34)-c3ccccc3-1)N2c1ccc2ccccc2c1. The number of anilines is 3. The van der Waals surface area contributed by atoms with E-state index in [-0.39, 0.29) is 6.17 Å². The predicted molar refractivity (Wildman–Crippen MR) is 224 cm³/mol. The molecule has 1 N–H and O–H groups in total. The van der Waals surface area contributed by atoms with Crippen LogP contribution in [0.5, 0.6) is 0 Å². The third-order valence-electron chi connectivity index (χ3n) is 12.8. The van der Waals surface area contributed by atoms with Gasteiger partial charge in [0.2, 0.25) is 0 Å². The second-order valence-electron chi connectivity index (χ2n) is 15.2. The van der Waals surface area contributed by atoms with E-state index in [4.69, 9.17) is 0 Å². The Labute approximate surface area is 313 Å². The van der Waals surface area contributed by atoms with E-state index >= 15 is 0 Å². The van der Waals surface area contributed by atoms with Crippen molar-refractivity contribution in [1.29, 1.82) is 0 Å². The molecule has 2 nitrogen and oxygen atoms in total. The zero-order valence-electron chi connectivity index (χ0n) is 29.3. The molecule has 13 rings (SSSR count). The summed E-state index contributed by atoms with van der Waals surface area (Å²) in [6.45, 7) is 0. The number of hydrogen-bond donors (Lipinski definition) is 1. The van der Waals surface area contributed by atoms with Gasteiger partial charge in [0.1, 0.15) is 6.17 Å². The lowest BCUT2D eigenvalue weighted by Gasteiger charge is -2.32. The molecular formula is C52H32N2. The maximum absolute atomic E-state index is 3.96. The zero-order chi connectivity index (χ0) is 35.1. The molecule has 0 fully saturated rings. The number of nitrogens with one attached hydrogen (secondary N) is 1. The standard InChI is InChI=1S/C52H32N2/c1-2-13-32-28-34(26-24-31(32)12-1)54-48-23-10-9-22-47(48)53-51(54)33-25-27-38-37-16-5-7-20-43(37)52(45(38)29-33)44-21-8-6-17-40(44)50-41-19-11-18-39-35-14-3-4-15-36(35)42(49(39)41)30-46(50)52/h1-30,51,53H. The van der Waals surface area contributed by atoms with Crippen LogP contribution in [0.15, 0.2) is 182 Å². The van der Waals surface area contributed by atoms with Gasteiger partial charge in [0, 0.05) is 5.69 Å². The molecule has 1 heterocycles. The summed E-state index contributed by atoms with van der Waals surface area (Å²) < 4.78 is 0. The van der Waals surface area contributed by atoms with Crippen LogP contribution in [-0.2, 0) is 5.41 Å². The van der Waals surface area contributed by atoms with E-state index in [1.54, 1.807) is 0 Å². The van der Waals surface area contributed by atoms with Crippen molar-refractivity contribution in [1.82, 2.24) is 0 Å². The Hall–Kier alpha value is -6.90. The lowest BCUT2D eigenvalue weighted by atomic mass is 9.69. The largest absolute Gasteiger partial charge is 0.359 e. The van der Waals surface area contributed by atoms with Crippen LogP contribution in [0.3, 0.4) is 0 Å². The molecule has 9 aromatic carbocycles. The quantitative estimate of drug-likeness (QED) is 0.195. The van der Waals surface area contributed by atoms with E-state index in [0.29, 0.717) is 0 Å². The van der Waals surface area contributed by atoms with Gasteiger partial charge in [-0.25, -0.2) is 0 Å². The minimum atomic E-state index is -0.467. The van der Waals surface area contributed by atoms with E-state index in [2.05, 4.69) is 192 Å². The molecule has 2 heteroatoms. The number of para-hydroxylation sites is 2. The summed E-state index contributed by atoms with van der Waals surface area (Å²) >= 11 is 0. The minimum Gasteiger partial charge on any atom is -0.359 e. The molecule has 54 heavy (non-hydrogen) atoms. The third kappa shape index (κ3) is 3.42. The summed E-state index contributed by atoms with van der Waals surface area (Å²) in [5, 5.41) is 9.18. The van der Waals surface area contributed by atoms with Crippen molar-refractivity contribution in [3.8, 4) is 44.5 Å². The molecule has 0 amide bonds. The van der Waals surface area contributed by atoms with Crippen molar-refractivity contribution in [3.05, 3.63) is 210 Å². The summed E-state index contributed by atoms with van der Waals surface area (Å²) in [6.07, 6.45) is -0.0885. The molecule has 1 aliphatic heterocycles. The van der Waals surface area contributed by atoms with Gasteiger partial charge in [-0.3, -0.25) is 0 Å². The first-order valence-corrected chi connectivity index (χ1v) is 19.0. The summed E-state index contributed by atoms with van der Waals surface area (Å²) in [6, 6.07) is 68.4. The molecule has 0 saturated carbocycles. The van der Waals surface area contributed by atoms with Gasteiger partial charge in [0.25, 0.3) is 0 Å². The highest BCUT2D eigenvalue weighted by atomic mass is 15.3. The van der Waals surface area contributed by atoms with E-state index in [1.165, 1.54) is 105 Å². The van der Waals surface area contributed by atoms with Crippen molar-refractivity contribution in [3.63, 3.8) is 0 Å². The molecule has 250 valence electrons. The molecule has 2 unspecified atom stereocenters. The number of fused-ring (bicyclic) bond motifs is 16. The Bertz CT molecular complexity index is 3120. The summed E-state index contributed by atoms with van der Waals surface area (Å²) in [5.41, 5.74) is 20.5. The number of hydrogen-bond acceptors (Lipinski definition) is 2. The Balaban J connectivity index is 1.09. The number of rotatable bonds is 2. The van der Waals surface area contributed by atoms with Gasteiger partial charge < -0.3 is 10.2 Å². The summed E-state index contributed by atoms with van der Waals surface area (Å²) in [5.74, 6) is 0. The molecule has 0 saturated heterocycles. The average Bonchev–Trinajstić information content (AvgIpc) is 3.95. The molecule has 0 radical (unpaired) electrons. The molecule has 9 aromatic rings. The average molecular weight is 685 g/mol. The van der Waals surface area contributed by atoms with Crippen LogP contribution < -0.4 is 10.2 Å². The molecule has 1 spiro atoms. The first-order chi connectivity index (χ1) is 26.8. The summed E-state index contributed by atoms with van der Waals surface area (Å²) in [7, 11) is 0. The third-order valence-corrected chi connectivity index (χ3v) is 12.8. The smallest absolute Gasteiger partial charge is 0.130 e. The Kier molecular flexibility index (Phi) is 5.39. The minimum absolute atomic E-state index is 0.0885. The van der Waals surface area contributed by atoms with Gasteiger partial charge in [0.15, 0.2) is 0 Å². The van der Waals surface area contributed by atoms with Gasteiger partial charge >= 0.3 is 0 Å². The van der Waals surface area contributed by atoms with Gasteiger partial charge in [-0.1, -0.05) is 146 Å². The van der Waals surface area contributed by atoms with Crippen molar-refractivity contribution in [2.24, 2.45) is 0 Å². The molecule has 2 atom stereocenters. The molecule has 3 aliphatic carbocycles. The lowest BCUT2D eigenvalue weighted by molar-refractivity contribution is 0.780. The van der Waals surface area contributed by atoms with Gasteiger partial charge in [-0.05, 0) is 130 Å². The topological polar surface area (TPSA) is 15.3 Å². The molecular weight excluding hydrogens is 653 g/mol. The summed E-state index contributed by atoms with van der Waals surface area (Å²) in [4.78, 5) is 2.49. The predicted octanol–water partition coefficient (Wildman–Crippen LogP) is 13.2. The second kappa shape index (κ2) is 10.2. The normalized spacial score (nSPS) is 17.6. The Morgan fingerprint density at radius 1 is 0.426 bits per heavy atom. The number of nitrogens with zero attached hydrogens (tertiary/aromatic N) is 1.